The van der Waals surface area contributed by atoms with Crippen molar-refractivity contribution in [3.05, 3.63) is 118 Å². The SMILES string of the molecule is Cc1ccc2c(c1)N(c1nc(C)cc(C)n1)C(C1N(c3nc(C)cc(C)n3)c3ccccc3N1c1nc(C)cc(C)n1)N2c1nc(C)cc(C)n1. The number of benzene rings is 2. The molecule has 8 rings (SSSR count). The van der Waals surface area contributed by atoms with E-state index in [0.717, 1.165) is 73.9 Å². The number of aryl methyl sites for hydroxylation is 9. The Bertz CT molecular complexity index is 2180. The molecule has 12 nitrogen and oxygen atoms in total. The minimum absolute atomic E-state index is 0.562. The van der Waals surface area contributed by atoms with Crippen LogP contribution in [0.1, 0.15) is 51.1 Å². The van der Waals surface area contributed by atoms with Crippen LogP contribution in [0.25, 0.3) is 0 Å². The van der Waals surface area contributed by atoms with Gasteiger partial charge in [0.1, 0.15) is 0 Å². The molecule has 1 unspecified atom stereocenters. The Hall–Kier alpha value is -6.04. The van der Waals surface area contributed by atoms with Crippen LogP contribution in [0, 0.1) is 62.3 Å². The van der Waals surface area contributed by atoms with Crippen molar-refractivity contribution < 1.29 is 0 Å². The van der Waals surface area contributed by atoms with Gasteiger partial charge in [-0.15, -0.1) is 0 Å². The zero-order valence-corrected chi connectivity index (χ0v) is 30.4. The Morgan fingerprint density at radius 1 is 0.333 bits per heavy atom. The summed E-state index contributed by atoms with van der Waals surface area (Å²) in [5, 5.41) is 0. The molecule has 0 saturated carbocycles. The lowest BCUT2D eigenvalue weighted by Gasteiger charge is -2.42. The molecular weight excluding hydrogens is 637 g/mol. The maximum atomic E-state index is 5.08. The summed E-state index contributed by atoms with van der Waals surface area (Å²) in [6.45, 7) is 18.1. The van der Waals surface area contributed by atoms with Crippen LogP contribution < -0.4 is 19.6 Å². The maximum Gasteiger partial charge on any atom is 0.232 e. The van der Waals surface area contributed by atoms with Crippen LogP contribution in [-0.2, 0) is 0 Å². The summed E-state index contributed by atoms with van der Waals surface area (Å²) < 4.78 is 0. The second kappa shape index (κ2) is 12.1. The zero-order chi connectivity index (χ0) is 35.7. The molecule has 4 aromatic heterocycles. The summed E-state index contributed by atoms with van der Waals surface area (Å²) in [6, 6.07) is 22.7. The van der Waals surface area contributed by atoms with Gasteiger partial charge in [0, 0.05) is 45.6 Å². The van der Waals surface area contributed by atoms with Gasteiger partial charge in [0.15, 0.2) is 12.3 Å². The number of anilines is 8. The molecule has 0 aliphatic carbocycles. The van der Waals surface area contributed by atoms with Crippen LogP contribution >= 0.6 is 0 Å². The lowest BCUT2D eigenvalue weighted by molar-refractivity contribution is 0.526. The first-order valence-corrected chi connectivity index (χ1v) is 17.1. The van der Waals surface area contributed by atoms with Crippen molar-refractivity contribution in [3.63, 3.8) is 0 Å². The van der Waals surface area contributed by atoms with E-state index in [1.807, 2.05) is 91.8 Å². The minimum Gasteiger partial charge on any atom is -0.283 e. The van der Waals surface area contributed by atoms with Gasteiger partial charge in [-0.25, -0.2) is 39.9 Å². The molecule has 51 heavy (non-hydrogen) atoms. The predicted molar refractivity (Wildman–Crippen MR) is 200 cm³/mol. The topological polar surface area (TPSA) is 116 Å². The number of aromatic nitrogens is 8. The average molecular weight is 677 g/mol. The van der Waals surface area contributed by atoms with E-state index in [0.29, 0.717) is 23.8 Å². The number of para-hydroxylation sites is 2. The van der Waals surface area contributed by atoms with E-state index in [4.69, 9.17) is 39.9 Å². The smallest absolute Gasteiger partial charge is 0.232 e. The highest BCUT2D eigenvalue weighted by Gasteiger charge is 2.54. The molecule has 0 bridgehead atoms. The normalized spacial score (nSPS) is 15.5. The first-order valence-electron chi connectivity index (χ1n) is 17.1. The van der Waals surface area contributed by atoms with Gasteiger partial charge in [-0.05, 0) is 116 Å². The predicted octanol–water partition coefficient (Wildman–Crippen LogP) is 7.55. The third kappa shape index (κ3) is 5.56. The molecule has 2 aliphatic heterocycles. The van der Waals surface area contributed by atoms with Crippen molar-refractivity contribution in [2.75, 3.05) is 19.6 Å². The second-order valence-electron chi connectivity index (χ2n) is 13.6. The Morgan fingerprint density at radius 3 is 0.922 bits per heavy atom. The molecule has 2 aromatic carbocycles. The average Bonchev–Trinajstić information content (AvgIpc) is 3.55. The first kappa shape index (κ1) is 32.2. The molecule has 6 aromatic rings. The van der Waals surface area contributed by atoms with Crippen molar-refractivity contribution in [1.82, 2.24) is 39.9 Å². The lowest BCUT2D eigenvalue weighted by Crippen LogP contribution is -2.59. The highest BCUT2D eigenvalue weighted by atomic mass is 15.6. The summed E-state index contributed by atoms with van der Waals surface area (Å²) in [4.78, 5) is 49.4. The van der Waals surface area contributed by atoms with Gasteiger partial charge in [-0.2, -0.15) is 0 Å². The molecule has 0 N–H and O–H groups in total. The number of rotatable bonds is 5. The number of nitrogens with zero attached hydrogens (tertiary/aromatic N) is 12. The van der Waals surface area contributed by atoms with Gasteiger partial charge in [0.25, 0.3) is 0 Å². The Labute approximate surface area is 298 Å². The van der Waals surface area contributed by atoms with Crippen molar-refractivity contribution in [2.24, 2.45) is 0 Å². The Morgan fingerprint density at radius 2 is 0.608 bits per heavy atom. The van der Waals surface area contributed by atoms with Gasteiger partial charge < -0.3 is 0 Å². The summed E-state index contributed by atoms with van der Waals surface area (Å²) >= 11 is 0. The van der Waals surface area contributed by atoms with Gasteiger partial charge in [0.05, 0.1) is 22.7 Å². The molecule has 0 saturated heterocycles. The molecule has 256 valence electrons. The van der Waals surface area contributed by atoms with Crippen molar-refractivity contribution in [3.8, 4) is 0 Å². The van der Waals surface area contributed by atoms with Crippen LogP contribution in [0.15, 0.2) is 66.7 Å². The van der Waals surface area contributed by atoms with Gasteiger partial charge >= 0.3 is 0 Å². The van der Waals surface area contributed by atoms with Crippen molar-refractivity contribution in [2.45, 2.75) is 74.6 Å². The van der Waals surface area contributed by atoms with E-state index in [1.165, 1.54) is 0 Å². The van der Waals surface area contributed by atoms with E-state index in [-0.39, 0.29) is 0 Å². The van der Waals surface area contributed by atoms with Crippen LogP contribution in [0.4, 0.5) is 46.5 Å². The molecule has 0 fully saturated rings. The summed E-state index contributed by atoms with van der Waals surface area (Å²) in [6.07, 6.45) is -1.16. The minimum atomic E-state index is -0.578. The summed E-state index contributed by atoms with van der Waals surface area (Å²) in [5.74, 6) is 2.25. The monoisotopic (exact) mass is 676 g/mol. The maximum absolute atomic E-state index is 5.08. The van der Waals surface area contributed by atoms with E-state index < -0.39 is 12.3 Å². The Kier molecular flexibility index (Phi) is 7.62. The first-order chi connectivity index (χ1) is 24.4. The molecule has 6 heterocycles. The number of hydrogen-bond donors (Lipinski definition) is 0. The highest BCUT2D eigenvalue weighted by Crippen LogP contribution is 2.54. The van der Waals surface area contributed by atoms with Crippen molar-refractivity contribution in [1.29, 1.82) is 0 Å². The van der Waals surface area contributed by atoms with Crippen LogP contribution in [-0.4, -0.2) is 52.2 Å². The quantitative estimate of drug-likeness (QED) is 0.179. The summed E-state index contributed by atoms with van der Waals surface area (Å²) in [7, 11) is 0. The third-order valence-corrected chi connectivity index (χ3v) is 9.12. The van der Waals surface area contributed by atoms with E-state index in [9.17, 15) is 0 Å². The van der Waals surface area contributed by atoms with Crippen LogP contribution in [0.5, 0.6) is 0 Å². The van der Waals surface area contributed by atoms with E-state index in [1.54, 1.807) is 0 Å². The van der Waals surface area contributed by atoms with Gasteiger partial charge in [0.2, 0.25) is 23.8 Å². The highest BCUT2D eigenvalue weighted by molar-refractivity contribution is 5.91. The molecule has 1 atom stereocenters. The molecule has 0 amide bonds. The van der Waals surface area contributed by atoms with Crippen molar-refractivity contribution >= 4 is 46.5 Å². The Balaban J connectivity index is 1.50. The second-order valence-corrected chi connectivity index (χ2v) is 13.6. The fraction of sp³-hybridized carbons (Fsp3) is 0.282. The fourth-order valence-electron chi connectivity index (χ4n) is 7.40. The van der Waals surface area contributed by atoms with Crippen LogP contribution in [0.3, 0.4) is 0 Å². The lowest BCUT2D eigenvalue weighted by atomic mass is 10.2. The molecule has 0 spiro atoms. The molecular formula is C39H40N12. The van der Waals surface area contributed by atoms with E-state index in [2.05, 4.69) is 56.9 Å². The summed E-state index contributed by atoms with van der Waals surface area (Å²) in [5.41, 5.74) is 11.7. The van der Waals surface area contributed by atoms with Gasteiger partial charge in [-0.1, -0.05) is 18.2 Å². The zero-order valence-electron chi connectivity index (χ0n) is 30.4. The number of hydrogen-bond acceptors (Lipinski definition) is 12. The van der Waals surface area contributed by atoms with Gasteiger partial charge in [-0.3, -0.25) is 19.6 Å². The number of fused-ring (bicyclic) bond motifs is 2. The standard InChI is InChI=1S/C39H40N12/c1-21-14-15-32-33(16-21)51(39-46-28(8)20-29(9)47-39)35(50(32)38-44-26(6)19-27(7)45-38)34-48(36-40-22(2)17-23(3)41-36)30-12-10-11-13-31(30)49(34)37-42-24(4)18-25(5)43-37/h10-20,34-35H,1-9H3. The third-order valence-electron chi connectivity index (χ3n) is 9.12. The fourth-order valence-corrected chi connectivity index (χ4v) is 7.40. The van der Waals surface area contributed by atoms with E-state index >= 15 is 0 Å². The van der Waals surface area contributed by atoms with Crippen LogP contribution in [0.2, 0.25) is 0 Å². The molecule has 2 aliphatic rings. The largest absolute Gasteiger partial charge is 0.283 e. The molecule has 12 heteroatoms. The molecule has 0 radical (unpaired) electrons.